The van der Waals surface area contributed by atoms with E-state index >= 15 is 0 Å². The van der Waals surface area contributed by atoms with Crippen molar-refractivity contribution in [1.29, 1.82) is 0 Å². The van der Waals surface area contributed by atoms with E-state index in [4.69, 9.17) is 4.74 Å². The number of rotatable bonds is 8. The lowest BCUT2D eigenvalue weighted by Crippen LogP contribution is -2.46. The highest BCUT2D eigenvalue weighted by Crippen LogP contribution is 2.15. The largest absolute Gasteiger partial charge is 0.383 e. The fourth-order valence-electron chi connectivity index (χ4n) is 2.79. The number of amides is 1. The number of nitrogens with zero attached hydrogens (tertiary/aromatic N) is 1. The number of carbonyl (C=O) groups is 1. The molecule has 0 spiro atoms. The zero-order valence-corrected chi connectivity index (χ0v) is 16.4. The van der Waals surface area contributed by atoms with E-state index in [-0.39, 0.29) is 36.8 Å². The summed E-state index contributed by atoms with van der Waals surface area (Å²) in [6.07, 6.45) is 1.71. The summed E-state index contributed by atoms with van der Waals surface area (Å²) in [5.74, 6) is -1.64. The molecule has 0 aliphatic carbocycles. The number of hydrogen-bond acceptors (Lipinski definition) is 4. The second kappa shape index (κ2) is 13.2. The summed E-state index contributed by atoms with van der Waals surface area (Å²) in [6, 6.07) is 4.18. The number of halogens is 4. The van der Waals surface area contributed by atoms with E-state index in [1.807, 2.05) is 0 Å². The van der Waals surface area contributed by atoms with Gasteiger partial charge in [-0.3, -0.25) is 9.69 Å². The van der Waals surface area contributed by atoms with Crippen molar-refractivity contribution in [3.8, 4) is 0 Å². The third-order valence-corrected chi connectivity index (χ3v) is 4.11. The van der Waals surface area contributed by atoms with Gasteiger partial charge in [0.1, 0.15) is 0 Å². The third-order valence-electron chi connectivity index (χ3n) is 4.11. The van der Waals surface area contributed by atoms with Crippen molar-refractivity contribution >= 4 is 30.7 Å². The van der Waals surface area contributed by atoms with Gasteiger partial charge >= 0.3 is 0 Å². The Labute approximate surface area is 165 Å². The normalized spacial score (nSPS) is 15.0. The van der Waals surface area contributed by atoms with Gasteiger partial charge in [0.05, 0.1) is 13.2 Å². The third kappa shape index (κ3) is 8.60. The van der Waals surface area contributed by atoms with Crippen LogP contribution in [0.2, 0.25) is 0 Å². The number of carbonyl (C=O) groups excluding carboxylic acids is 1. The van der Waals surface area contributed by atoms with Gasteiger partial charge in [-0.05, 0) is 30.5 Å². The molecule has 1 aliphatic rings. The number of ether oxygens (including phenoxy) is 1. The lowest BCUT2D eigenvalue weighted by molar-refractivity contribution is -0.121. The van der Waals surface area contributed by atoms with Gasteiger partial charge in [0.15, 0.2) is 11.6 Å². The van der Waals surface area contributed by atoms with Crippen LogP contribution in [-0.4, -0.2) is 56.7 Å². The molecule has 1 amide bonds. The molecule has 1 aromatic carbocycles. The first-order valence-electron chi connectivity index (χ1n) is 8.24. The quantitative estimate of drug-likeness (QED) is 0.640. The first-order chi connectivity index (χ1) is 11.6. The number of piperidine rings is 1. The van der Waals surface area contributed by atoms with Crippen LogP contribution in [0.1, 0.15) is 18.4 Å². The van der Waals surface area contributed by atoms with Crippen LogP contribution in [-0.2, 0) is 16.1 Å². The highest BCUT2D eigenvalue weighted by atomic mass is 35.5. The number of benzene rings is 1. The van der Waals surface area contributed by atoms with E-state index < -0.39 is 11.6 Å². The van der Waals surface area contributed by atoms with Crippen LogP contribution in [0.3, 0.4) is 0 Å². The average molecular weight is 414 g/mol. The Morgan fingerprint density at radius 3 is 2.54 bits per heavy atom. The molecule has 0 atom stereocenters. The van der Waals surface area contributed by atoms with Crippen molar-refractivity contribution in [3.05, 3.63) is 35.4 Å². The molecule has 0 saturated carbocycles. The fourth-order valence-corrected chi connectivity index (χ4v) is 2.79. The van der Waals surface area contributed by atoms with E-state index in [0.717, 1.165) is 37.6 Å². The summed E-state index contributed by atoms with van der Waals surface area (Å²) < 4.78 is 31.1. The van der Waals surface area contributed by atoms with Gasteiger partial charge in [-0.2, -0.15) is 0 Å². The first kappa shape index (κ1) is 25.0. The number of nitrogens with one attached hydrogen (secondary N) is 2. The highest BCUT2D eigenvalue weighted by Gasteiger charge is 2.20. The molecular weight excluding hydrogens is 387 g/mol. The molecule has 5 nitrogen and oxygen atoms in total. The zero-order chi connectivity index (χ0) is 17.4. The van der Waals surface area contributed by atoms with Crippen molar-refractivity contribution in [2.75, 3.05) is 39.9 Å². The molecule has 9 heteroatoms. The Morgan fingerprint density at radius 1 is 1.23 bits per heavy atom. The van der Waals surface area contributed by atoms with Crippen LogP contribution < -0.4 is 10.6 Å². The second-order valence-corrected chi connectivity index (χ2v) is 6.04. The molecule has 0 aromatic heterocycles. The van der Waals surface area contributed by atoms with Gasteiger partial charge in [0.2, 0.25) is 5.91 Å². The molecule has 0 unspecified atom stereocenters. The summed E-state index contributed by atoms with van der Waals surface area (Å²) in [5.41, 5.74) is 0.763. The summed E-state index contributed by atoms with van der Waals surface area (Å²) in [5, 5.41) is 6.03. The lowest BCUT2D eigenvalue weighted by atomic mass is 10.0. The van der Waals surface area contributed by atoms with Gasteiger partial charge in [0.25, 0.3) is 0 Å². The van der Waals surface area contributed by atoms with E-state index in [1.54, 1.807) is 13.2 Å². The number of likely N-dealkylation sites (tertiary alicyclic amines) is 1. The monoisotopic (exact) mass is 413 g/mol. The Hall–Kier alpha value is -0.990. The SMILES string of the molecule is COCCNCC(=O)NC1CCN(Cc2ccc(F)c(F)c2)CC1.Cl.Cl. The van der Waals surface area contributed by atoms with Crippen LogP contribution in [0.15, 0.2) is 18.2 Å². The molecule has 0 bridgehead atoms. The molecule has 150 valence electrons. The molecule has 26 heavy (non-hydrogen) atoms. The zero-order valence-electron chi connectivity index (χ0n) is 14.8. The fraction of sp³-hybridized carbons (Fsp3) is 0.588. The summed E-state index contributed by atoms with van der Waals surface area (Å²) in [4.78, 5) is 14.0. The minimum Gasteiger partial charge on any atom is -0.383 e. The Bertz CT molecular complexity index is 545. The molecule has 2 N–H and O–H groups in total. The topological polar surface area (TPSA) is 53.6 Å². The first-order valence-corrected chi connectivity index (χ1v) is 8.24. The minimum absolute atomic E-state index is 0. The molecule has 1 aliphatic heterocycles. The van der Waals surface area contributed by atoms with Crippen LogP contribution in [0, 0.1) is 11.6 Å². The van der Waals surface area contributed by atoms with Gasteiger partial charge in [0, 0.05) is 39.3 Å². The van der Waals surface area contributed by atoms with E-state index in [2.05, 4.69) is 15.5 Å². The molecule has 1 saturated heterocycles. The van der Waals surface area contributed by atoms with Crippen molar-refractivity contribution in [2.45, 2.75) is 25.4 Å². The minimum atomic E-state index is -0.820. The summed E-state index contributed by atoms with van der Waals surface area (Å²) >= 11 is 0. The molecule has 1 heterocycles. The van der Waals surface area contributed by atoms with Crippen LogP contribution >= 0.6 is 24.8 Å². The van der Waals surface area contributed by atoms with Gasteiger partial charge in [-0.1, -0.05) is 6.07 Å². The maximum Gasteiger partial charge on any atom is 0.234 e. The molecule has 0 radical (unpaired) electrons. The van der Waals surface area contributed by atoms with Crippen molar-refractivity contribution in [2.24, 2.45) is 0 Å². The molecule has 2 rings (SSSR count). The van der Waals surface area contributed by atoms with E-state index in [9.17, 15) is 13.6 Å². The van der Waals surface area contributed by atoms with Crippen LogP contribution in [0.25, 0.3) is 0 Å². The lowest BCUT2D eigenvalue weighted by Gasteiger charge is -2.32. The maximum absolute atomic E-state index is 13.2. The highest BCUT2D eigenvalue weighted by molar-refractivity contribution is 5.85. The Balaban J connectivity index is 0.00000312. The Morgan fingerprint density at radius 2 is 1.92 bits per heavy atom. The van der Waals surface area contributed by atoms with Crippen molar-refractivity contribution in [3.63, 3.8) is 0 Å². The summed E-state index contributed by atoms with van der Waals surface area (Å²) in [7, 11) is 1.62. The molecular formula is C17H27Cl2F2N3O2. The number of methoxy groups -OCH3 is 1. The predicted molar refractivity (Wildman–Crippen MR) is 102 cm³/mol. The van der Waals surface area contributed by atoms with Crippen molar-refractivity contribution < 1.29 is 18.3 Å². The maximum atomic E-state index is 13.2. The summed E-state index contributed by atoms with van der Waals surface area (Å²) in [6.45, 7) is 3.75. The number of hydrogen-bond donors (Lipinski definition) is 2. The standard InChI is InChI=1S/C17H25F2N3O2.2ClH/c1-24-9-6-20-11-17(23)21-14-4-7-22(8-5-14)12-13-2-3-15(18)16(19)10-13;;/h2-3,10,14,20H,4-9,11-12H2,1H3,(H,21,23);2*1H. The Kier molecular flexibility index (Phi) is 12.7. The molecule has 1 fully saturated rings. The second-order valence-electron chi connectivity index (χ2n) is 6.04. The van der Waals surface area contributed by atoms with E-state index in [0.29, 0.717) is 26.2 Å². The average Bonchev–Trinajstić information content (AvgIpc) is 2.57. The van der Waals surface area contributed by atoms with E-state index in [1.165, 1.54) is 6.07 Å². The van der Waals surface area contributed by atoms with Crippen LogP contribution in [0.4, 0.5) is 8.78 Å². The van der Waals surface area contributed by atoms with Gasteiger partial charge < -0.3 is 15.4 Å². The van der Waals surface area contributed by atoms with Crippen molar-refractivity contribution in [1.82, 2.24) is 15.5 Å². The smallest absolute Gasteiger partial charge is 0.234 e. The predicted octanol–water partition coefficient (Wildman–Crippen LogP) is 2.13. The van der Waals surface area contributed by atoms with Gasteiger partial charge in [-0.15, -0.1) is 24.8 Å². The van der Waals surface area contributed by atoms with Gasteiger partial charge in [-0.25, -0.2) is 8.78 Å². The van der Waals surface area contributed by atoms with Crippen LogP contribution in [0.5, 0.6) is 0 Å². The molecule has 1 aromatic rings.